The zero-order chi connectivity index (χ0) is 11.1. The lowest BCUT2D eigenvalue weighted by molar-refractivity contribution is -0.167. The maximum absolute atomic E-state index is 12.6. The van der Waals surface area contributed by atoms with Crippen molar-refractivity contribution in [2.75, 3.05) is 0 Å². The number of furan rings is 1. The molecule has 0 spiro atoms. The van der Waals surface area contributed by atoms with Gasteiger partial charge in [0.25, 0.3) is 0 Å². The molecule has 2 rings (SSSR count). The van der Waals surface area contributed by atoms with Gasteiger partial charge in [0.2, 0.25) is 0 Å². The summed E-state index contributed by atoms with van der Waals surface area (Å²) in [6.07, 6.45) is -0.910. The van der Waals surface area contributed by atoms with E-state index in [4.69, 9.17) is 4.42 Å². The van der Waals surface area contributed by atoms with Crippen molar-refractivity contribution in [3.05, 3.63) is 24.2 Å². The summed E-state index contributed by atoms with van der Waals surface area (Å²) in [6, 6.07) is 1.33. The summed E-state index contributed by atoms with van der Waals surface area (Å²) in [4.78, 5) is 0. The van der Waals surface area contributed by atoms with Crippen molar-refractivity contribution in [1.82, 2.24) is 5.32 Å². The summed E-state index contributed by atoms with van der Waals surface area (Å²) in [7, 11) is 0. The number of hydrogen-bond donors (Lipinski definition) is 1. The standard InChI is InChI=1S/C10H12F3NO/c1-7(8-2-5-15-6-8)14-9(3-4-9)10(11,12)13/h2,5-7,14H,3-4H2,1H3. The third-order valence-electron chi connectivity index (χ3n) is 2.83. The van der Waals surface area contributed by atoms with Crippen molar-refractivity contribution in [2.24, 2.45) is 0 Å². The molecule has 1 unspecified atom stereocenters. The molecule has 0 aromatic carbocycles. The zero-order valence-electron chi connectivity index (χ0n) is 8.27. The molecule has 0 radical (unpaired) electrons. The summed E-state index contributed by atoms with van der Waals surface area (Å²) < 4.78 is 42.7. The topological polar surface area (TPSA) is 25.2 Å². The van der Waals surface area contributed by atoms with Gasteiger partial charge in [0.1, 0.15) is 5.54 Å². The van der Waals surface area contributed by atoms with E-state index in [1.54, 1.807) is 13.0 Å². The SMILES string of the molecule is CC(NC1(C(F)(F)F)CC1)c1ccoc1. The molecule has 1 atom stereocenters. The highest BCUT2D eigenvalue weighted by atomic mass is 19.4. The summed E-state index contributed by atoms with van der Waals surface area (Å²) in [6.45, 7) is 1.71. The van der Waals surface area contributed by atoms with Gasteiger partial charge in [-0.1, -0.05) is 0 Å². The summed E-state index contributed by atoms with van der Waals surface area (Å²) in [5, 5.41) is 2.62. The minimum atomic E-state index is -4.16. The van der Waals surface area contributed by atoms with Crippen LogP contribution in [0.4, 0.5) is 13.2 Å². The highest BCUT2D eigenvalue weighted by molar-refractivity contribution is 5.16. The van der Waals surface area contributed by atoms with Crippen LogP contribution in [-0.4, -0.2) is 11.7 Å². The van der Waals surface area contributed by atoms with E-state index in [1.165, 1.54) is 12.5 Å². The van der Waals surface area contributed by atoms with Crippen LogP contribution in [0.25, 0.3) is 0 Å². The molecule has 0 aliphatic heterocycles. The van der Waals surface area contributed by atoms with E-state index in [-0.39, 0.29) is 18.9 Å². The Morgan fingerprint density at radius 2 is 2.13 bits per heavy atom. The van der Waals surface area contributed by atoms with Gasteiger partial charge in [0, 0.05) is 11.6 Å². The lowest BCUT2D eigenvalue weighted by Gasteiger charge is -2.24. The van der Waals surface area contributed by atoms with Crippen LogP contribution in [-0.2, 0) is 0 Å². The first-order valence-electron chi connectivity index (χ1n) is 4.81. The molecule has 1 aromatic heterocycles. The molecule has 1 fully saturated rings. The fourth-order valence-electron chi connectivity index (χ4n) is 1.65. The minimum absolute atomic E-state index is 0.165. The number of halogens is 3. The van der Waals surface area contributed by atoms with Gasteiger partial charge in [-0.3, -0.25) is 5.32 Å². The van der Waals surface area contributed by atoms with Crippen molar-refractivity contribution in [1.29, 1.82) is 0 Å². The lowest BCUT2D eigenvalue weighted by atomic mass is 10.1. The van der Waals surface area contributed by atoms with Crippen LogP contribution < -0.4 is 5.32 Å². The van der Waals surface area contributed by atoms with Crippen molar-refractivity contribution in [2.45, 2.75) is 37.5 Å². The van der Waals surface area contributed by atoms with Crippen LogP contribution in [0.5, 0.6) is 0 Å². The predicted molar refractivity (Wildman–Crippen MR) is 48.3 cm³/mol. The molecular weight excluding hydrogens is 207 g/mol. The molecule has 0 saturated heterocycles. The normalized spacial score (nSPS) is 21.3. The molecule has 5 heteroatoms. The Morgan fingerprint density at radius 1 is 1.47 bits per heavy atom. The first-order valence-corrected chi connectivity index (χ1v) is 4.81. The Labute approximate surface area is 85.5 Å². The smallest absolute Gasteiger partial charge is 0.406 e. The van der Waals surface area contributed by atoms with Gasteiger partial charge in [-0.2, -0.15) is 13.2 Å². The minimum Gasteiger partial charge on any atom is -0.472 e. The Bertz CT molecular complexity index is 327. The molecule has 1 aliphatic rings. The van der Waals surface area contributed by atoms with Gasteiger partial charge in [-0.05, 0) is 25.8 Å². The molecule has 1 saturated carbocycles. The van der Waals surface area contributed by atoms with Crippen LogP contribution in [0.3, 0.4) is 0 Å². The largest absolute Gasteiger partial charge is 0.472 e. The molecule has 1 N–H and O–H groups in total. The monoisotopic (exact) mass is 219 g/mol. The van der Waals surface area contributed by atoms with E-state index < -0.39 is 11.7 Å². The van der Waals surface area contributed by atoms with Crippen molar-refractivity contribution < 1.29 is 17.6 Å². The van der Waals surface area contributed by atoms with Crippen LogP contribution in [0.15, 0.2) is 23.0 Å². The van der Waals surface area contributed by atoms with Crippen LogP contribution in [0.2, 0.25) is 0 Å². The van der Waals surface area contributed by atoms with E-state index in [0.29, 0.717) is 0 Å². The number of alkyl halides is 3. The molecular formula is C10H12F3NO. The van der Waals surface area contributed by atoms with Gasteiger partial charge >= 0.3 is 6.18 Å². The first-order chi connectivity index (χ1) is 6.95. The second-order valence-electron chi connectivity index (χ2n) is 4.00. The molecule has 0 bridgehead atoms. The third-order valence-corrected chi connectivity index (χ3v) is 2.83. The van der Waals surface area contributed by atoms with Gasteiger partial charge in [-0.25, -0.2) is 0 Å². The maximum atomic E-state index is 12.6. The molecule has 2 nitrogen and oxygen atoms in total. The fraction of sp³-hybridized carbons (Fsp3) is 0.600. The van der Waals surface area contributed by atoms with Crippen molar-refractivity contribution in [3.63, 3.8) is 0 Å². The molecule has 1 heterocycles. The second-order valence-corrected chi connectivity index (χ2v) is 4.00. The first kappa shape index (κ1) is 10.5. The van der Waals surface area contributed by atoms with E-state index in [1.807, 2.05) is 0 Å². The Balaban J connectivity index is 2.04. The zero-order valence-corrected chi connectivity index (χ0v) is 8.27. The summed E-state index contributed by atoms with van der Waals surface area (Å²) in [5.41, 5.74) is -0.922. The molecule has 0 amide bonds. The summed E-state index contributed by atoms with van der Waals surface area (Å²) in [5.74, 6) is 0. The molecule has 1 aliphatic carbocycles. The fourth-order valence-corrected chi connectivity index (χ4v) is 1.65. The van der Waals surface area contributed by atoms with E-state index in [0.717, 1.165) is 5.56 Å². The lowest BCUT2D eigenvalue weighted by Crippen LogP contribution is -2.45. The highest BCUT2D eigenvalue weighted by Crippen LogP contribution is 2.50. The van der Waals surface area contributed by atoms with E-state index >= 15 is 0 Å². The average Bonchev–Trinajstić information content (AvgIpc) is 2.74. The highest BCUT2D eigenvalue weighted by Gasteiger charge is 2.63. The van der Waals surface area contributed by atoms with E-state index in [9.17, 15) is 13.2 Å². The summed E-state index contributed by atoms with van der Waals surface area (Å²) >= 11 is 0. The molecule has 84 valence electrons. The Kier molecular flexibility index (Phi) is 2.30. The number of nitrogens with one attached hydrogen (secondary N) is 1. The maximum Gasteiger partial charge on any atom is 0.406 e. The molecule has 15 heavy (non-hydrogen) atoms. The molecule has 1 aromatic rings. The number of rotatable bonds is 3. The van der Waals surface area contributed by atoms with Crippen LogP contribution >= 0.6 is 0 Å². The van der Waals surface area contributed by atoms with Crippen molar-refractivity contribution >= 4 is 0 Å². The Hall–Kier alpha value is -0.970. The van der Waals surface area contributed by atoms with Gasteiger partial charge in [-0.15, -0.1) is 0 Å². The average molecular weight is 219 g/mol. The Morgan fingerprint density at radius 3 is 2.53 bits per heavy atom. The van der Waals surface area contributed by atoms with E-state index in [2.05, 4.69) is 5.32 Å². The third kappa shape index (κ3) is 1.88. The van der Waals surface area contributed by atoms with Gasteiger partial charge < -0.3 is 4.42 Å². The predicted octanol–water partition coefficient (Wildman–Crippen LogP) is 3.03. The second kappa shape index (κ2) is 3.27. The van der Waals surface area contributed by atoms with Gasteiger partial charge in [0.15, 0.2) is 0 Å². The van der Waals surface area contributed by atoms with Crippen LogP contribution in [0.1, 0.15) is 31.4 Å². The quantitative estimate of drug-likeness (QED) is 0.845. The van der Waals surface area contributed by atoms with Gasteiger partial charge in [0.05, 0.1) is 12.5 Å². The number of hydrogen-bond acceptors (Lipinski definition) is 2. The van der Waals surface area contributed by atoms with Crippen molar-refractivity contribution in [3.8, 4) is 0 Å². The van der Waals surface area contributed by atoms with Crippen LogP contribution in [0, 0.1) is 0 Å².